The predicted molar refractivity (Wildman–Crippen MR) is 111 cm³/mol. The van der Waals surface area contributed by atoms with E-state index in [0.717, 1.165) is 36.5 Å². The lowest BCUT2D eigenvalue weighted by atomic mass is 10.1. The maximum absolute atomic E-state index is 13.3. The van der Waals surface area contributed by atoms with E-state index < -0.39 is 11.6 Å². The van der Waals surface area contributed by atoms with Crippen LogP contribution in [-0.4, -0.2) is 31.2 Å². The summed E-state index contributed by atoms with van der Waals surface area (Å²) in [6.07, 6.45) is 3.11. The number of nitrogens with zero attached hydrogens (tertiary/aromatic N) is 1. The number of morpholine rings is 1. The van der Waals surface area contributed by atoms with E-state index in [2.05, 4.69) is 36.2 Å². The summed E-state index contributed by atoms with van der Waals surface area (Å²) in [4.78, 5) is 14.5. The molecule has 1 aliphatic heterocycles. The Hall–Kier alpha value is -2.73. The minimum atomic E-state index is -0.940. The first kappa shape index (κ1) is 21.0. The topological polar surface area (TPSA) is 41.6 Å². The van der Waals surface area contributed by atoms with Gasteiger partial charge in [0.25, 0.3) is 0 Å². The van der Waals surface area contributed by atoms with Gasteiger partial charge in [0.2, 0.25) is 5.91 Å². The van der Waals surface area contributed by atoms with Crippen LogP contribution in [0.3, 0.4) is 0 Å². The average molecular weight is 400 g/mol. The van der Waals surface area contributed by atoms with Crippen molar-refractivity contribution in [2.75, 3.05) is 18.0 Å². The molecule has 1 saturated heterocycles. The van der Waals surface area contributed by atoms with Crippen LogP contribution in [0.4, 0.5) is 14.5 Å². The molecule has 1 amide bonds. The summed E-state index contributed by atoms with van der Waals surface area (Å²) in [5.74, 6) is -2.16. The molecule has 29 heavy (non-hydrogen) atoms. The first-order valence-electron chi connectivity index (χ1n) is 9.76. The number of nitrogens with one attached hydrogen (secondary N) is 1. The molecule has 2 aromatic rings. The van der Waals surface area contributed by atoms with Gasteiger partial charge in [0.05, 0.1) is 18.2 Å². The summed E-state index contributed by atoms with van der Waals surface area (Å²) in [5.41, 5.74) is 2.51. The molecule has 1 fully saturated rings. The van der Waals surface area contributed by atoms with Gasteiger partial charge >= 0.3 is 0 Å². The second-order valence-corrected chi connectivity index (χ2v) is 7.49. The Morgan fingerprint density at radius 1 is 1.14 bits per heavy atom. The van der Waals surface area contributed by atoms with Crippen LogP contribution in [0.25, 0.3) is 6.08 Å². The van der Waals surface area contributed by atoms with E-state index in [1.807, 2.05) is 19.1 Å². The predicted octanol–water partition coefficient (Wildman–Crippen LogP) is 4.47. The molecule has 6 heteroatoms. The lowest BCUT2D eigenvalue weighted by molar-refractivity contribution is -0.117. The normalized spacial score (nSPS) is 20.7. The molecule has 1 aliphatic rings. The summed E-state index contributed by atoms with van der Waals surface area (Å²) >= 11 is 0. The number of carbonyl (C=O) groups excluding carboxylic acids is 1. The Bertz CT molecular complexity index is 890. The summed E-state index contributed by atoms with van der Waals surface area (Å²) in [6.45, 7) is 7.69. The fourth-order valence-electron chi connectivity index (χ4n) is 3.51. The molecule has 0 aromatic heterocycles. The highest BCUT2D eigenvalue weighted by atomic mass is 19.2. The third-order valence-corrected chi connectivity index (χ3v) is 4.88. The van der Waals surface area contributed by atoms with Gasteiger partial charge in [-0.1, -0.05) is 18.2 Å². The maximum atomic E-state index is 13.3. The smallest absolute Gasteiger partial charge is 0.244 e. The zero-order valence-corrected chi connectivity index (χ0v) is 16.9. The van der Waals surface area contributed by atoms with E-state index in [9.17, 15) is 13.6 Å². The van der Waals surface area contributed by atoms with Gasteiger partial charge in [-0.15, -0.1) is 0 Å². The van der Waals surface area contributed by atoms with Gasteiger partial charge in [-0.3, -0.25) is 4.79 Å². The van der Waals surface area contributed by atoms with Crippen molar-refractivity contribution in [1.82, 2.24) is 5.32 Å². The van der Waals surface area contributed by atoms with Gasteiger partial charge < -0.3 is 15.0 Å². The lowest BCUT2D eigenvalue weighted by Gasteiger charge is -2.37. The van der Waals surface area contributed by atoms with Crippen molar-refractivity contribution in [1.29, 1.82) is 0 Å². The first-order chi connectivity index (χ1) is 13.8. The van der Waals surface area contributed by atoms with Gasteiger partial charge in [-0.2, -0.15) is 0 Å². The van der Waals surface area contributed by atoms with Gasteiger partial charge in [-0.25, -0.2) is 8.78 Å². The van der Waals surface area contributed by atoms with Crippen molar-refractivity contribution >= 4 is 17.7 Å². The molecule has 0 spiro atoms. The Balaban J connectivity index is 1.64. The highest BCUT2D eigenvalue weighted by Crippen LogP contribution is 2.24. The second kappa shape index (κ2) is 9.18. The monoisotopic (exact) mass is 400 g/mol. The Morgan fingerprint density at radius 2 is 1.86 bits per heavy atom. The molecule has 0 unspecified atom stereocenters. The van der Waals surface area contributed by atoms with E-state index in [4.69, 9.17) is 4.74 Å². The number of carbonyl (C=O) groups is 1. The van der Waals surface area contributed by atoms with Gasteiger partial charge in [0.15, 0.2) is 11.6 Å². The molecule has 0 aliphatic carbocycles. The molecule has 3 rings (SSSR count). The number of benzene rings is 2. The summed E-state index contributed by atoms with van der Waals surface area (Å²) < 4.78 is 32.0. The fourth-order valence-corrected chi connectivity index (χ4v) is 3.51. The highest BCUT2D eigenvalue weighted by molar-refractivity contribution is 5.92. The number of ether oxygens (including phenoxy) is 1. The van der Waals surface area contributed by atoms with Crippen LogP contribution in [0.2, 0.25) is 0 Å². The molecule has 0 saturated carbocycles. The van der Waals surface area contributed by atoms with Crippen LogP contribution < -0.4 is 10.2 Å². The zero-order chi connectivity index (χ0) is 21.0. The highest BCUT2D eigenvalue weighted by Gasteiger charge is 2.22. The largest absolute Gasteiger partial charge is 0.372 e. The van der Waals surface area contributed by atoms with Gasteiger partial charge in [0.1, 0.15) is 0 Å². The van der Waals surface area contributed by atoms with Crippen LogP contribution in [-0.2, 0) is 9.53 Å². The van der Waals surface area contributed by atoms with Crippen LogP contribution >= 0.6 is 0 Å². The number of halogens is 2. The van der Waals surface area contributed by atoms with Crippen LogP contribution in [0, 0.1) is 11.6 Å². The first-order valence-corrected chi connectivity index (χ1v) is 9.76. The Labute approximate surface area is 170 Å². The number of rotatable bonds is 5. The van der Waals surface area contributed by atoms with Crippen molar-refractivity contribution in [2.45, 2.75) is 39.0 Å². The molecule has 4 nitrogen and oxygen atoms in total. The third-order valence-electron chi connectivity index (χ3n) is 4.88. The number of hydrogen-bond acceptors (Lipinski definition) is 3. The zero-order valence-electron chi connectivity index (χ0n) is 16.9. The standard InChI is InChI=1S/C23H26F2N2O2/c1-15-13-27(14-16(2)29-15)20-6-4-5-19(12-20)17(3)26-23(28)10-8-18-7-9-21(24)22(25)11-18/h4-12,15-17H,13-14H2,1-3H3,(H,26,28)/b10-8+/t15-,16+,17-/m1/s1. The second-order valence-electron chi connectivity index (χ2n) is 7.49. The van der Waals surface area contributed by atoms with E-state index in [1.165, 1.54) is 18.2 Å². The van der Waals surface area contributed by atoms with Crippen molar-refractivity contribution in [3.8, 4) is 0 Å². The molecule has 3 atom stereocenters. The fraction of sp³-hybridized carbons (Fsp3) is 0.348. The third kappa shape index (κ3) is 5.64. The molecule has 1 heterocycles. The summed E-state index contributed by atoms with van der Waals surface area (Å²) in [7, 11) is 0. The molecule has 154 valence electrons. The molecule has 1 N–H and O–H groups in total. The molecule has 2 aromatic carbocycles. The summed E-state index contributed by atoms with van der Waals surface area (Å²) in [6, 6.07) is 11.4. The average Bonchev–Trinajstić information content (AvgIpc) is 2.68. The molecular weight excluding hydrogens is 374 g/mol. The maximum Gasteiger partial charge on any atom is 0.244 e. The number of amides is 1. The van der Waals surface area contributed by atoms with E-state index in [1.54, 1.807) is 0 Å². The van der Waals surface area contributed by atoms with Crippen molar-refractivity contribution in [3.63, 3.8) is 0 Å². The van der Waals surface area contributed by atoms with Gasteiger partial charge in [0, 0.05) is 24.9 Å². The van der Waals surface area contributed by atoms with Crippen LogP contribution in [0.15, 0.2) is 48.5 Å². The van der Waals surface area contributed by atoms with Gasteiger partial charge in [-0.05, 0) is 62.2 Å². The SMILES string of the molecule is C[C@@H]1CN(c2cccc([C@@H](C)NC(=O)/C=C/c3ccc(F)c(F)c3)c2)C[C@H](C)O1. The molecule has 0 radical (unpaired) electrons. The Morgan fingerprint density at radius 3 is 2.55 bits per heavy atom. The van der Waals surface area contributed by atoms with Crippen molar-refractivity contribution in [3.05, 3.63) is 71.3 Å². The number of anilines is 1. The lowest BCUT2D eigenvalue weighted by Crippen LogP contribution is -2.45. The molecular formula is C23H26F2N2O2. The Kier molecular flexibility index (Phi) is 6.64. The minimum absolute atomic E-state index is 0.168. The van der Waals surface area contributed by atoms with Crippen LogP contribution in [0.1, 0.15) is 37.9 Å². The number of hydrogen-bond donors (Lipinski definition) is 1. The minimum Gasteiger partial charge on any atom is -0.372 e. The van der Waals surface area contributed by atoms with E-state index in [0.29, 0.717) is 5.56 Å². The van der Waals surface area contributed by atoms with E-state index >= 15 is 0 Å². The van der Waals surface area contributed by atoms with Crippen molar-refractivity contribution in [2.24, 2.45) is 0 Å². The molecule has 0 bridgehead atoms. The quantitative estimate of drug-likeness (QED) is 0.753. The summed E-state index contributed by atoms with van der Waals surface area (Å²) in [5, 5.41) is 2.90. The van der Waals surface area contributed by atoms with E-state index in [-0.39, 0.29) is 24.2 Å². The van der Waals surface area contributed by atoms with Crippen molar-refractivity contribution < 1.29 is 18.3 Å². The van der Waals surface area contributed by atoms with Crippen LogP contribution in [0.5, 0.6) is 0 Å².